The lowest BCUT2D eigenvalue weighted by Crippen LogP contribution is -2.44. The molecule has 0 aromatic heterocycles. The molecule has 0 spiro atoms. The number of esters is 1. The second-order valence-electron chi connectivity index (χ2n) is 6.33. The van der Waals surface area contributed by atoms with Crippen LogP contribution in [0.3, 0.4) is 0 Å². The molecular weight excluding hydrogens is 294 g/mol. The Labute approximate surface area is 137 Å². The zero-order valence-corrected chi connectivity index (χ0v) is 14.0. The number of aryl methyl sites for hydroxylation is 1. The maximum atomic E-state index is 12.2. The fourth-order valence-electron chi connectivity index (χ4n) is 2.63. The predicted molar refractivity (Wildman–Crippen MR) is 86.8 cm³/mol. The zero-order chi connectivity index (χ0) is 16.8. The van der Waals surface area contributed by atoms with Crippen LogP contribution in [0.5, 0.6) is 0 Å². The molecule has 5 heteroatoms. The summed E-state index contributed by atoms with van der Waals surface area (Å²) < 4.78 is 10.2. The molecule has 5 nitrogen and oxygen atoms in total. The summed E-state index contributed by atoms with van der Waals surface area (Å²) >= 11 is 0. The van der Waals surface area contributed by atoms with Crippen LogP contribution in [0.2, 0.25) is 0 Å². The topological polar surface area (TPSA) is 67.9 Å². The van der Waals surface area contributed by atoms with E-state index in [0.29, 0.717) is 6.42 Å². The summed E-state index contributed by atoms with van der Waals surface area (Å²) in [5.41, 5.74) is 1.23. The van der Waals surface area contributed by atoms with Gasteiger partial charge >= 0.3 is 5.97 Å². The van der Waals surface area contributed by atoms with Crippen LogP contribution in [-0.2, 0) is 25.5 Å². The van der Waals surface area contributed by atoms with Gasteiger partial charge in [-0.2, -0.15) is 0 Å². The third-order valence-corrected chi connectivity index (χ3v) is 3.91. The second kappa shape index (κ2) is 8.11. The van der Waals surface area contributed by atoms with Crippen molar-refractivity contribution < 1.29 is 19.1 Å². The predicted octanol–water partition coefficient (Wildman–Crippen LogP) is 2.09. The average molecular weight is 319 g/mol. The molecule has 1 saturated heterocycles. The van der Waals surface area contributed by atoms with Gasteiger partial charge in [0.15, 0.2) is 6.10 Å². The molecule has 0 aliphatic carbocycles. The van der Waals surface area contributed by atoms with Crippen LogP contribution in [-0.4, -0.2) is 37.2 Å². The van der Waals surface area contributed by atoms with Crippen molar-refractivity contribution >= 4 is 11.9 Å². The van der Waals surface area contributed by atoms with E-state index in [1.165, 1.54) is 12.7 Å². The summed E-state index contributed by atoms with van der Waals surface area (Å²) in [6.07, 6.45) is 1.72. The molecule has 0 bridgehead atoms. The van der Waals surface area contributed by atoms with Crippen LogP contribution in [0.4, 0.5) is 0 Å². The minimum atomic E-state index is -0.605. The number of ether oxygens (including phenoxy) is 2. The third-order valence-electron chi connectivity index (χ3n) is 3.91. The Balaban J connectivity index is 1.78. The van der Waals surface area contributed by atoms with Crippen LogP contribution in [0.1, 0.15) is 32.3 Å². The Morgan fingerprint density at radius 2 is 1.96 bits per heavy atom. The number of carbonyl (C=O) groups excluding carboxylic acids is 2. The third kappa shape index (κ3) is 5.36. The van der Waals surface area contributed by atoms with E-state index in [1.807, 2.05) is 32.0 Å². The largest absolute Gasteiger partial charge is 0.467 e. The quantitative estimate of drug-likeness (QED) is 0.588. The molecule has 1 fully saturated rings. The number of carbonyl (C=O) groups is 2. The van der Waals surface area contributed by atoms with Crippen molar-refractivity contribution in [2.24, 2.45) is 5.92 Å². The number of rotatable bonds is 8. The van der Waals surface area contributed by atoms with Crippen LogP contribution >= 0.6 is 0 Å². The van der Waals surface area contributed by atoms with Gasteiger partial charge in [0, 0.05) is 0 Å². The molecule has 3 atom stereocenters. The number of nitrogens with one attached hydrogen (secondary N) is 1. The van der Waals surface area contributed by atoms with Crippen LogP contribution in [0.15, 0.2) is 30.3 Å². The SMILES string of the molecule is COC(=O)[C@H](CC(C)C)NC(=O)[C@@H]1O[C@@H]1CCc1ccccc1. The van der Waals surface area contributed by atoms with E-state index in [-0.39, 0.29) is 17.9 Å². The molecule has 1 amide bonds. The highest BCUT2D eigenvalue weighted by molar-refractivity contribution is 5.88. The lowest BCUT2D eigenvalue weighted by Gasteiger charge is -2.17. The van der Waals surface area contributed by atoms with Crippen LogP contribution in [0.25, 0.3) is 0 Å². The highest BCUT2D eigenvalue weighted by Gasteiger charge is 2.45. The maximum Gasteiger partial charge on any atom is 0.328 e. The molecule has 126 valence electrons. The maximum absolute atomic E-state index is 12.2. The zero-order valence-electron chi connectivity index (χ0n) is 14.0. The van der Waals surface area contributed by atoms with Gasteiger partial charge < -0.3 is 14.8 Å². The summed E-state index contributed by atoms with van der Waals surface area (Å²) in [5.74, 6) is -0.346. The molecule has 23 heavy (non-hydrogen) atoms. The van der Waals surface area contributed by atoms with Gasteiger partial charge in [0.05, 0.1) is 13.2 Å². The lowest BCUT2D eigenvalue weighted by molar-refractivity contribution is -0.145. The molecule has 2 rings (SSSR count). The van der Waals surface area contributed by atoms with E-state index in [4.69, 9.17) is 9.47 Å². The standard InChI is InChI=1S/C18H25NO4/c1-12(2)11-14(18(21)22-3)19-17(20)16-15(23-16)10-9-13-7-5-4-6-8-13/h4-8,12,14-16H,9-11H2,1-3H3,(H,19,20)/t14-,15+,16+/m0/s1. The normalized spacial score (nSPS) is 20.9. The van der Waals surface area contributed by atoms with E-state index in [1.54, 1.807) is 0 Å². The molecule has 1 aromatic rings. The number of amides is 1. The van der Waals surface area contributed by atoms with Crippen molar-refractivity contribution in [3.05, 3.63) is 35.9 Å². The minimum absolute atomic E-state index is 0.0625. The fourth-order valence-corrected chi connectivity index (χ4v) is 2.63. The first-order valence-electron chi connectivity index (χ1n) is 8.09. The van der Waals surface area contributed by atoms with Gasteiger partial charge in [0.2, 0.25) is 0 Å². The Kier molecular flexibility index (Phi) is 6.16. The highest BCUT2D eigenvalue weighted by Crippen LogP contribution is 2.27. The molecule has 1 aliphatic heterocycles. The van der Waals surface area contributed by atoms with E-state index >= 15 is 0 Å². The highest BCUT2D eigenvalue weighted by atomic mass is 16.6. The van der Waals surface area contributed by atoms with Crippen molar-refractivity contribution in [2.45, 2.75) is 51.4 Å². The van der Waals surface area contributed by atoms with Gasteiger partial charge in [-0.15, -0.1) is 0 Å². The van der Waals surface area contributed by atoms with Crippen molar-refractivity contribution in [2.75, 3.05) is 7.11 Å². The number of hydrogen-bond donors (Lipinski definition) is 1. The Hall–Kier alpha value is -1.88. The first-order valence-corrected chi connectivity index (χ1v) is 8.09. The molecule has 0 unspecified atom stereocenters. The average Bonchev–Trinajstić information content (AvgIpc) is 3.32. The van der Waals surface area contributed by atoms with E-state index in [9.17, 15) is 9.59 Å². The van der Waals surface area contributed by atoms with Crippen molar-refractivity contribution in [3.8, 4) is 0 Å². The lowest BCUT2D eigenvalue weighted by atomic mass is 10.0. The summed E-state index contributed by atoms with van der Waals surface area (Å²) in [7, 11) is 1.33. The molecule has 0 saturated carbocycles. The van der Waals surface area contributed by atoms with Gasteiger partial charge in [-0.1, -0.05) is 44.2 Å². The molecule has 1 N–H and O–H groups in total. The number of epoxide rings is 1. The molecule has 0 radical (unpaired) electrons. The van der Waals surface area contributed by atoms with Crippen LogP contribution in [0, 0.1) is 5.92 Å². The summed E-state index contributed by atoms with van der Waals surface area (Å²) in [5, 5.41) is 2.75. The summed E-state index contributed by atoms with van der Waals surface area (Å²) in [6.45, 7) is 4.00. The monoisotopic (exact) mass is 319 g/mol. The molecule has 1 aliphatic rings. The Bertz CT molecular complexity index is 529. The van der Waals surface area contributed by atoms with Crippen molar-refractivity contribution in [1.82, 2.24) is 5.32 Å². The van der Waals surface area contributed by atoms with Gasteiger partial charge in [-0.05, 0) is 30.7 Å². The first kappa shape index (κ1) is 17.5. The van der Waals surface area contributed by atoms with E-state index in [0.717, 1.165) is 12.8 Å². The second-order valence-corrected chi connectivity index (χ2v) is 6.33. The molecule has 1 aromatic carbocycles. The van der Waals surface area contributed by atoms with Gasteiger partial charge in [-0.25, -0.2) is 4.79 Å². The van der Waals surface area contributed by atoms with Crippen LogP contribution < -0.4 is 5.32 Å². The smallest absolute Gasteiger partial charge is 0.328 e. The van der Waals surface area contributed by atoms with Crippen molar-refractivity contribution in [1.29, 1.82) is 0 Å². The van der Waals surface area contributed by atoms with Crippen molar-refractivity contribution in [3.63, 3.8) is 0 Å². The summed E-state index contributed by atoms with van der Waals surface area (Å²) in [6, 6.07) is 9.50. The Morgan fingerprint density at radius 3 is 2.57 bits per heavy atom. The minimum Gasteiger partial charge on any atom is -0.467 e. The van der Waals surface area contributed by atoms with Gasteiger partial charge in [0.25, 0.3) is 5.91 Å². The van der Waals surface area contributed by atoms with E-state index < -0.39 is 18.1 Å². The number of benzene rings is 1. The first-order chi connectivity index (χ1) is 11.0. The Morgan fingerprint density at radius 1 is 1.26 bits per heavy atom. The van der Waals surface area contributed by atoms with Gasteiger partial charge in [-0.3, -0.25) is 4.79 Å². The number of hydrogen-bond acceptors (Lipinski definition) is 4. The van der Waals surface area contributed by atoms with E-state index in [2.05, 4.69) is 17.4 Å². The summed E-state index contributed by atoms with van der Waals surface area (Å²) in [4.78, 5) is 23.9. The molecular formula is C18H25NO4. The fraction of sp³-hybridized carbons (Fsp3) is 0.556. The van der Waals surface area contributed by atoms with Gasteiger partial charge in [0.1, 0.15) is 6.04 Å². The molecule has 1 heterocycles. The number of methoxy groups -OCH3 is 1.